The third kappa shape index (κ3) is 4.73. The standard InChI is InChI=1S/C12H21N3O2/c1-4-5-13-12(17)9-15-8-11(16)6-10(15)7-14(2)3/h1,10-11,16H,5-9H2,2-3H3,(H,13,17). The Bertz CT molecular complexity index is 299. The molecule has 5 nitrogen and oxygen atoms in total. The summed E-state index contributed by atoms with van der Waals surface area (Å²) >= 11 is 0. The van der Waals surface area contributed by atoms with Crippen LogP contribution in [-0.2, 0) is 4.79 Å². The van der Waals surface area contributed by atoms with Gasteiger partial charge in [-0.3, -0.25) is 9.69 Å². The van der Waals surface area contributed by atoms with Gasteiger partial charge in [0.2, 0.25) is 5.91 Å². The summed E-state index contributed by atoms with van der Waals surface area (Å²) in [5.74, 6) is 2.29. The lowest BCUT2D eigenvalue weighted by Gasteiger charge is -2.25. The molecule has 0 aromatic carbocycles. The lowest BCUT2D eigenvalue weighted by molar-refractivity contribution is -0.122. The molecule has 17 heavy (non-hydrogen) atoms. The minimum atomic E-state index is -0.333. The number of likely N-dealkylation sites (tertiary alicyclic amines) is 1. The molecular formula is C12H21N3O2. The Morgan fingerprint density at radius 2 is 2.35 bits per heavy atom. The van der Waals surface area contributed by atoms with Crippen LogP contribution in [0.4, 0.5) is 0 Å². The van der Waals surface area contributed by atoms with Gasteiger partial charge in [0.1, 0.15) is 0 Å². The molecule has 1 heterocycles. The first-order chi connectivity index (χ1) is 8.02. The molecule has 0 bridgehead atoms. The molecule has 0 radical (unpaired) electrons. The molecule has 0 aliphatic carbocycles. The number of hydrogen-bond donors (Lipinski definition) is 2. The number of carbonyl (C=O) groups excluding carboxylic acids is 1. The molecule has 2 atom stereocenters. The number of amides is 1. The lowest BCUT2D eigenvalue weighted by Crippen LogP contribution is -2.43. The number of hydrogen-bond acceptors (Lipinski definition) is 4. The van der Waals surface area contributed by atoms with E-state index >= 15 is 0 Å². The number of aliphatic hydroxyl groups is 1. The van der Waals surface area contributed by atoms with Crippen molar-refractivity contribution >= 4 is 5.91 Å². The van der Waals surface area contributed by atoms with Gasteiger partial charge in [-0.25, -0.2) is 0 Å². The summed E-state index contributed by atoms with van der Waals surface area (Å²) in [6, 6.07) is 0.233. The van der Waals surface area contributed by atoms with E-state index in [-0.39, 0.29) is 24.6 Å². The molecule has 1 aliphatic heterocycles. The van der Waals surface area contributed by atoms with Crippen molar-refractivity contribution in [1.29, 1.82) is 0 Å². The van der Waals surface area contributed by atoms with Crippen LogP contribution in [-0.4, -0.2) is 73.2 Å². The SMILES string of the molecule is C#CCNC(=O)CN1CC(O)CC1CN(C)C. The highest BCUT2D eigenvalue weighted by Crippen LogP contribution is 2.17. The van der Waals surface area contributed by atoms with E-state index in [1.165, 1.54) is 0 Å². The topological polar surface area (TPSA) is 55.8 Å². The van der Waals surface area contributed by atoms with Crippen LogP contribution in [0.15, 0.2) is 0 Å². The van der Waals surface area contributed by atoms with Crippen molar-refractivity contribution in [2.75, 3.05) is 40.3 Å². The minimum absolute atomic E-state index is 0.0826. The van der Waals surface area contributed by atoms with Crippen molar-refractivity contribution in [2.24, 2.45) is 0 Å². The minimum Gasteiger partial charge on any atom is -0.392 e. The highest BCUT2D eigenvalue weighted by Gasteiger charge is 2.32. The zero-order valence-electron chi connectivity index (χ0n) is 10.5. The first kappa shape index (κ1) is 14.0. The fourth-order valence-electron chi connectivity index (χ4n) is 2.15. The van der Waals surface area contributed by atoms with Crippen molar-refractivity contribution in [3.63, 3.8) is 0 Å². The third-order valence-corrected chi connectivity index (χ3v) is 2.82. The molecule has 1 amide bonds. The predicted octanol–water partition coefficient (Wildman–Crippen LogP) is -1.27. The van der Waals surface area contributed by atoms with Gasteiger partial charge in [-0.05, 0) is 20.5 Å². The van der Waals surface area contributed by atoms with Crippen LogP contribution in [0.3, 0.4) is 0 Å². The number of rotatable bonds is 5. The molecule has 1 fully saturated rings. The fourth-order valence-corrected chi connectivity index (χ4v) is 2.15. The molecule has 0 saturated carbocycles. The van der Waals surface area contributed by atoms with Gasteiger partial charge in [-0.15, -0.1) is 6.42 Å². The van der Waals surface area contributed by atoms with Crippen LogP contribution in [0, 0.1) is 12.3 Å². The van der Waals surface area contributed by atoms with Gasteiger partial charge in [-0.1, -0.05) is 5.92 Å². The number of nitrogens with one attached hydrogen (secondary N) is 1. The van der Waals surface area contributed by atoms with Gasteiger partial charge in [0.05, 0.1) is 19.2 Å². The average molecular weight is 239 g/mol. The normalized spacial score (nSPS) is 24.9. The van der Waals surface area contributed by atoms with Crippen LogP contribution in [0.2, 0.25) is 0 Å². The van der Waals surface area contributed by atoms with E-state index in [9.17, 15) is 9.90 Å². The Hall–Kier alpha value is -1.09. The predicted molar refractivity (Wildman–Crippen MR) is 66.4 cm³/mol. The first-order valence-corrected chi connectivity index (χ1v) is 5.80. The monoisotopic (exact) mass is 239 g/mol. The maximum atomic E-state index is 11.6. The molecule has 0 aromatic rings. The summed E-state index contributed by atoms with van der Waals surface area (Å²) in [7, 11) is 3.97. The summed E-state index contributed by atoms with van der Waals surface area (Å²) in [6.45, 7) is 1.96. The van der Waals surface area contributed by atoms with Crippen LogP contribution < -0.4 is 5.32 Å². The van der Waals surface area contributed by atoms with Crippen LogP contribution >= 0.6 is 0 Å². The van der Waals surface area contributed by atoms with E-state index in [4.69, 9.17) is 6.42 Å². The van der Waals surface area contributed by atoms with Gasteiger partial charge >= 0.3 is 0 Å². The second kappa shape index (κ2) is 6.60. The second-order valence-electron chi connectivity index (χ2n) is 4.72. The number of β-amino-alcohol motifs (C(OH)–C–C–N with tert-alkyl or cyclic N) is 1. The van der Waals surface area contributed by atoms with E-state index < -0.39 is 0 Å². The highest BCUT2D eigenvalue weighted by molar-refractivity contribution is 5.78. The number of carbonyl (C=O) groups is 1. The van der Waals surface area contributed by atoms with Gasteiger partial charge < -0.3 is 15.3 Å². The lowest BCUT2D eigenvalue weighted by atomic mass is 10.2. The molecule has 0 spiro atoms. The van der Waals surface area contributed by atoms with E-state index in [1.807, 2.05) is 19.0 Å². The molecule has 5 heteroatoms. The maximum Gasteiger partial charge on any atom is 0.234 e. The zero-order chi connectivity index (χ0) is 12.8. The molecule has 2 unspecified atom stereocenters. The fraction of sp³-hybridized carbons (Fsp3) is 0.750. The van der Waals surface area contributed by atoms with Gasteiger partial charge in [0, 0.05) is 19.1 Å². The Morgan fingerprint density at radius 1 is 1.65 bits per heavy atom. The van der Waals surface area contributed by atoms with E-state index in [1.54, 1.807) is 0 Å². The summed E-state index contributed by atoms with van der Waals surface area (Å²) in [4.78, 5) is 15.6. The number of aliphatic hydroxyl groups excluding tert-OH is 1. The quantitative estimate of drug-likeness (QED) is 0.588. The maximum absolute atomic E-state index is 11.6. The second-order valence-corrected chi connectivity index (χ2v) is 4.72. The third-order valence-electron chi connectivity index (χ3n) is 2.82. The van der Waals surface area contributed by atoms with Crippen LogP contribution in [0.25, 0.3) is 0 Å². The van der Waals surface area contributed by atoms with Crippen molar-refractivity contribution in [1.82, 2.24) is 15.1 Å². The van der Waals surface area contributed by atoms with Crippen LogP contribution in [0.5, 0.6) is 0 Å². The molecule has 0 aromatic heterocycles. The summed E-state index contributed by atoms with van der Waals surface area (Å²) in [6.07, 6.45) is 5.47. The van der Waals surface area contributed by atoms with Crippen molar-refractivity contribution < 1.29 is 9.90 Å². The smallest absolute Gasteiger partial charge is 0.234 e. The van der Waals surface area contributed by atoms with E-state index in [2.05, 4.69) is 16.1 Å². The Balaban J connectivity index is 2.44. The molecular weight excluding hydrogens is 218 g/mol. The number of likely N-dealkylation sites (N-methyl/N-ethyl adjacent to an activating group) is 1. The average Bonchev–Trinajstić information content (AvgIpc) is 2.55. The van der Waals surface area contributed by atoms with E-state index in [0.29, 0.717) is 13.1 Å². The largest absolute Gasteiger partial charge is 0.392 e. The Kier molecular flexibility index (Phi) is 5.42. The van der Waals surface area contributed by atoms with Crippen molar-refractivity contribution in [2.45, 2.75) is 18.6 Å². The summed E-state index contributed by atoms with van der Waals surface area (Å²) in [5, 5.41) is 12.3. The Labute approximate surface area is 103 Å². The van der Waals surface area contributed by atoms with Gasteiger partial charge in [-0.2, -0.15) is 0 Å². The summed E-state index contributed by atoms with van der Waals surface area (Å²) < 4.78 is 0. The number of nitrogens with zero attached hydrogens (tertiary/aromatic N) is 2. The highest BCUT2D eigenvalue weighted by atomic mass is 16.3. The summed E-state index contributed by atoms with van der Waals surface area (Å²) in [5.41, 5.74) is 0. The zero-order valence-corrected chi connectivity index (χ0v) is 10.5. The first-order valence-electron chi connectivity index (χ1n) is 5.80. The van der Waals surface area contributed by atoms with E-state index in [0.717, 1.165) is 13.0 Å². The van der Waals surface area contributed by atoms with Crippen LogP contribution in [0.1, 0.15) is 6.42 Å². The molecule has 2 N–H and O–H groups in total. The van der Waals surface area contributed by atoms with Crippen molar-refractivity contribution in [3.05, 3.63) is 0 Å². The molecule has 1 saturated heterocycles. The molecule has 96 valence electrons. The number of terminal acetylenes is 1. The van der Waals surface area contributed by atoms with Gasteiger partial charge in [0.15, 0.2) is 0 Å². The molecule has 1 rings (SSSR count). The molecule has 1 aliphatic rings. The van der Waals surface area contributed by atoms with Crippen molar-refractivity contribution in [3.8, 4) is 12.3 Å². The Morgan fingerprint density at radius 3 is 2.94 bits per heavy atom. The van der Waals surface area contributed by atoms with Gasteiger partial charge in [0.25, 0.3) is 0 Å².